The summed E-state index contributed by atoms with van der Waals surface area (Å²) in [5, 5.41) is 17.4. The normalized spacial score (nSPS) is 16.1. The first kappa shape index (κ1) is 17.7. The van der Waals surface area contributed by atoms with E-state index in [9.17, 15) is 14.7 Å². The van der Waals surface area contributed by atoms with E-state index in [1.807, 2.05) is 6.92 Å². The molecule has 1 aromatic carbocycles. The van der Waals surface area contributed by atoms with Gasteiger partial charge in [0.05, 0.1) is 19.7 Å². The average molecular weight is 360 g/mol. The lowest BCUT2D eigenvalue weighted by molar-refractivity contribution is -0.153. The van der Waals surface area contributed by atoms with Gasteiger partial charge in [-0.05, 0) is 38.1 Å². The molecule has 1 aliphatic rings. The molecule has 138 valence electrons. The van der Waals surface area contributed by atoms with Crippen LogP contribution in [0.3, 0.4) is 0 Å². The Hall–Kier alpha value is -3.10. The molecule has 0 radical (unpaired) electrons. The summed E-state index contributed by atoms with van der Waals surface area (Å²) < 4.78 is 12.6. The first-order valence-electron chi connectivity index (χ1n) is 8.26. The van der Waals surface area contributed by atoms with Gasteiger partial charge in [0.1, 0.15) is 23.4 Å². The Kier molecular flexibility index (Phi) is 5.06. The molecule has 1 aromatic heterocycles. The molecule has 9 heteroatoms. The maximum absolute atomic E-state index is 12.5. The lowest BCUT2D eigenvalue weighted by Gasteiger charge is -2.33. The number of aliphatic carboxylic acids is 1. The number of hydrogen-bond donors (Lipinski definition) is 1. The highest BCUT2D eigenvalue weighted by atomic mass is 16.5. The first-order chi connectivity index (χ1) is 12.5. The van der Waals surface area contributed by atoms with Gasteiger partial charge in [-0.25, -0.2) is 4.79 Å². The van der Waals surface area contributed by atoms with E-state index in [0.717, 1.165) is 0 Å². The van der Waals surface area contributed by atoms with E-state index >= 15 is 0 Å². The van der Waals surface area contributed by atoms with Crippen LogP contribution in [0.2, 0.25) is 0 Å². The summed E-state index contributed by atoms with van der Waals surface area (Å²) in [6.45, 7) is 4.16. The third-order valence-electron chi connectivity index (χ3n) is 4.16. The zero-order valence-corrected chi connectivity index (χ0v) is 14.6. The molecule has 1 N–H and O–H groups in total. The molecule has 1 atom stereocenters. The van der Waals surface area contributed by atoms with Crippen molar-refractivity contribution in [2.45, 2.75) is 33.0 Å². The standard InChI is InChI=1S/C17H20N4O5/c1-3-25-12-4-6-13(7-5-12)26-10-16(22)21-9-15-19-18-11(2)20(15)8-14(21)17(23)24/h4-7,14H,3,8-10H2,1-2H3,(H,23,24). The van der Waals surface area contributed by atoms with Gasteiger partial charge < -0.3 is 24.0 Å². The third kappa shape index (κ3) is 3.61. The summed E-state index contributed by atoms with van der Waals surface area (Å²) in [6, 6.07) is 5.91. The number of carboxylic acid groups (broad SMARTS) is 1. The van der Waals surface area contributed by atoms with Gasteiger partial charge in [0.15, 0.2) is 12.4 Å². The van der Waals surface area contributed by atoms with Crippen LogP contribution in [0.1, 0.15) is 18.6 Å². The predicted molar refractivity (Wildman–Crippen MR) is 89.8 cm³/mol. The molecule has 1 unspecified atom stereocenters. The molecule has 1 amide bonds. The molecule has 1 aliphatic heterocycles. The van der Waals surface area contributed by atoms with E-state index in [2.05, 4.69) is 10.2 Å². The highest BCUT2D eigenvalue weighted by Crippen LogP contribution is 2.20. The Morgan fingerprint density at radius 2 is 1.85 bits per heavy atom. The maximum Gasteiger partial charge on any atom is 0.328 e. The fourth-order valence-corrected chi connectivity index (χ4v) is 2.81. The Morgan fingerprint density at radius 3 is 2.46 bits per heavy atom. The lowest BCUT2D eigenvalue weighted by Crippen LogP contribution is -2.52. The van der Waals surface area contributed by atoms with Crippen LogP contribution in [0.5, 0.6) is 11.5 Å². The van der Waals surface area contributed by atoms with Gasteiger partial charge in [-0.2, -0.15) is 0 Å². The number of aromatic nitrogens is 3. The molecule has 0 bridgehead atoms. The summed E-state index contributed by atoms with van der Waals surface area (Å²) in [5.41, 5.74) is 0. The number of rotatable bonds is 6. The molecule has 0 saturated heterocycles. The van der Waals surface area contributed by atoms with Gasteiger partial charge in [-0.15, -0.1) is 10.2 Å². The molecular formula is C17H20N4O5. The summed E-state index contributed by atoms with van der Waals surface area (Å²) in [4.78, 5) is 25.4. The van der Waals surface area contributed by atoms with Crippen LogP contribution in [0.4, 0.5) is 0 Å². The van der Waals surface area contributed by atoms with E-state index in [1.165, 1.54) is 4.90 Å². The van der Waals surface area contributed by atoms with Crippen molar-refractivity contribution in [1.82, 2.24) is 19.7 Å². The van der Waals surface area contributed by atoms with Crippen molar-refractivity contribution >= 4 is 11.9 Å². The second kappa shape index (κ2) is 7.42. The van der Waals surface area contributed by atoms with Crippen LogP contribution in [-0.4, -0.2) is 55.9 Å². The van der Waals surface area contributed by atoms with Crippen LogP contribution < -0.4 is 9.47 Å². The van der Waals surface area contributed by atoms with E-state index in [1.54, 1.807) is 35.8 Å². The van der Waals surface area contributed by atoms with Gasteiger partial charge in [0.2, 0.25) is 0 Å². The minimum atomic E-state index is -1.07. The highest BCUT2D eigenvalue weighted by molar-refractivity contribution is 5.84. The number of ether oxygens (including phenoxy) is 2. The molecule has 9 nitrogen and oxygen atoms in total. The van der Waals surface area contributed by atoms with Gasteiger partial charge in [-0.3, -0.25) is 4.79 Å². The molecule has 2 aromatic rings. The fraction of sp³-hybridized carbons (Fsp3) is 0.412. The van der Waals surface area contributed by atoms with Crippen molar-refractivity contribution in [1.29, 1.82) is 0 Å². The van der Waals surface area contributed by atoms with Crippen molar-refractivity contribution < 1.29 is 24.2 Å². The van der Waals surface area contributed by atoms with Crippen molar-refractivity contribution in [3.63, 3.8) is 0 Å². The number of fused-ring (bicyclic) bond motifs is 1. The molecular weight excluding hydrogens is 340 g/mol. The average Bonchev–Trinajstić information content (AvgIpc) is 3.00. The number of carbonyl (C=O) groups is 2. The monoisotopic (exact) mass is 360 g/mol. The van der Waals surface area contributed by atoms with Crippen molar-refractivity contribution in [3.8, 4) is 11.5 Å². The van der Waals surface area contributed by atoms with E-state index in [4.69, 9.17) is 9.47 Å². The number of hydrogen-bond acceptors (Lipinski definition) is 6. The molecule has 0 fully saturated rings. The molecule has 0 saturated carbocycles. The number of amides is 1. The second-order valence-corrected chi connectivity index (χ2v) is 5.84. The molecule has 3 rings (SSSR count). The zero-order chi connectivity index (χ0) is 18.7. The summed E-state index contributed by atoms with van der Waals surface area (Å²) >= 11 is 0. The number of aryl methyl sites for hydroxylation is 1. The first-order valence-corrected chi connectivity index (χ1v) is 8.26. The van der Waals surface area contributed by atoms with E-state index in [0.29, 0.717) is 29.8 Å². The van der Waals surface area contributed by atoms with Crippen molar-refractivity contribution in [3.05, 3.63) is 35.9 Å². The topological polar surface area (TPSA) is 107 Å². The summed E-state index contributed by atoms with van der Waals surface area (Å²) in [6.07, 6.45) is 0. The van der Waals surface area contributed by atoms with Gasteiger partial charge in [-0.1, -0.05) is 0 Å². The lowest BCUT2D eigenvalue weighted by atomic mass is 10.2. The van der Waals surface area contributed by atoms with E-state index in [-0.39, 0.29) is 19.7 Å². The smallest absolute Gasteiger partial charge is 0.328 e. The third-order valence-corrected chi connectivity index (χ3v) is 4.16. The molecule has 2 heterocycles. The zero-order valence-electron chi connectivity index (χ0n) is 14.6. The summed E-state index contributed by atoms with van der Waals surface area (Å²) in [5.74, 6) is 0.919. The number of carboxylic acids is 1. The van der Waals surface area contributed by atoms with Crippen LogP contribution in [-0.2, 0) is 22.7 Å². The highest BCUT2D eigenvalue weighted by Gasteiger charge is 2.36. The van der Waals surface area contributed by atoms with Gasteiger partial charge in [0, 0.05) is 0 Å². The number of carbonyl (C=O) groups excluding carboxylic acids is 1. The predicted octanol–water partition coefficient (Wildman–Crippen LogP) is 0.860. The second-order valence-electron chi connectivity index (χ2n) is 5.84. The quantitative estimate of drug-likeness (QED) is 0.814. The maximum atomic E-state index is 12.5. The molecule has 0 aliphatic carbocycles. The van der Waals surface area contributed by atoms with Crippen LogP contribution in [0.25, 0.3) is 0 Å². The Morgan fingerprint density at radius 1 is 1.19 bits per heavy atom. The summed E-state index contributed by atoms with van der Waals surface area (Å²) in [7, 11) is 0. The van der Waals surface area contributed by atoms with Crippen LogP contribution >= 0.6 is 0 Å². The van der Waals surface area contributed by atoms with Gasteiger partial charge >= 0.3 is 5.97 Å². The SMILES string of the molecule is CCOc1ccc(OCC(=O)N2Cc3nnc(C)n3CC2C(=O)O)cc1. The number of nitrogens with zero attached hydrogens (tertiary/aromatic N) is 4. The molecule has 0 spiro atoms. The van der Waals surface area contributed by atoms with Gasteiger partial charge in [0.25, 0.3) is 5.91 Å². The minimum Gasteiger partial charge on any atom is -0.494 e. The number of benzene rings is 1. The van der Waals surface area contributed by atoms with Crippen molar-refractivity contribution in [2.75, 3.05) is 13.2 Å². The van der Waals surface area contributed by atoms with Crippen molar-refractivity contribution in [2.24, 2.45) is 0 Å². The Balaban J connectivity index is 1.67. The van der Waals surface area contributed by atoms with Crippen LogP contribution in [0.15, 0.2) is 24.3 Å². The van der Waals surface area contributed by atoms with E-state index < -0.39 is 17.9 Å². The molecule has 26 heavy (non-hydrogen) atoms. The fourth-order valence-electron chi connectivity index (χ4n) is 2.81. The minimum absolute atomic E-state index is 0.0866. The largest absolute Gasteiger partial charge is 0.494 e. The van der Waals surface area contributed by atoms with Crippen LogP contribution in [0, 0.1) is 6.92 Å². The Bertz CT molecular complexity index is 802. The Labute approximate surface area is 150 Å².